The number of nitriles is 1. The van der Waals surface area contributed by atoms with Crippen LogP contribution in [0.1, 0.15) is 5.56 Å². The summed E-state index contributed by atoms with van der Waals surface area (Å²) >= 11 is 7.29. The van der Waals surface area contributed by atoms with Crippen LogP contribution in [0.15, 0.2) is 30.5 Å². The van der Waals surface area contributed by atoms with Gasteiger partial charge < -0.3 is 5.32 Å². The molecule has 19 heavy (non-hydrogen) atoms. The summed E-state index contributed by atoms with van der Waals surface area (Å²) in [5.74, 6) is 0.599. The highest BCUT2D eigenvalue weighted by atomic mass is 35.5. The summed E-state index contributed by atoms with van der Waals surface area (Å²) < 4.78 is 8.37. The summed E-state index contributed by atoms with van der Waals surface area (Å²) in [6.07, 6.45) is 1.50. The maximum absolute atomic E-state index is 8.73. The van der Waals surface area contributed by atoms with Gasteiger partial charge in [-0.15, -0.1) is 0 Å². The first-order valence-corrected chi connectivity index (χ1v) is 6.43. The normalized spacial score (nSPS) is 10.3. The number of fused-ring (bicyclic) bond motifs is 1. The smallest absolute Gasteiger partial charge is 0.130 e. The summed E-state index contributed by atoms with van der Waals surface area (Å²) in [6, 6.07) is 9.00. The van der Waals surface area contributed by atoms with Crippen LogP contribution < -0.4 is 5.32 Å². The molecule has 0 spiro atoms. The van der Waals surface area contributed by atoms with Crippen molar-refractivity contribution < 1.29 is 0 Å². The number of hydrogen-bond acceptors (Lipinski definition) is 6. The first-order valence-electron chi connectivity index (χ1n) is 5.32. The standard InChI is InChI=1S/C12H6ClN5S/c13-8-2-3-9-12(18-19-17-9)11(8)16-10-4-1-7(5-14)6-15-10/h1-4,6H,(H,15,16). The van der Waals surface area contributed by atoms with Crippen molar-refractivity contribution in [3.8, 4) is 6.07 Å². The van der Waals surface area contributed by atoms with E-state index in [1.54, 1.807) is 18.2 Å². The Labute approximate surface area is 117 Å². The molecule has 0 bridgehead atoms. The number of halogens is 1. The number of rotatable bonds is 2. The van der Waals surface area contributed by atoms with Crippen LogP contribution >= 0.6 is 23.3 Å². The molecule has 0 aliphatic rings. The number of hydrogen-bond donors (Lipinski definition) is 1. The maximum Gasteiger partial charge on any atom is 0.130 e. The minimum absolute atomic E-state index is 0.505. The van der Waals surface area contributed by atoms with Gasteiger partial charge in [0.15, 0.2) is 0 Å². The van der Waals surface area contributed by atoms with Crippen LogP contribution in [-0.4, -0.2) is 13.7 Å². The van der Waals surface area contributed by atoms with E-state index < -0.39 is 0 Å². The number of pyridine rings is 1. The third-order valence-electron chi connectivity index (χ3n) is 2.52. The van der Waals surface area contributed by atoms with E-state index in [2.05, 4.69) is 19.0 Å². The van der Waals surface area contributed by atoms with Gasteiger partial charge in [0.25, 0.3) is 0 Å². The molecule has 1 N–H and O–H groups in total. The Morgan fingerprint density at radius 1 is 1.21 bits per heavy atom. The molecule has 0 saturated heterocycles. The SMILES string of the molecule is N#Cc1ccc(Nc2c(Cl)ccc3nsnc23)nc1. The van der Waals surface area contributed by atoms with Crippen molar-refractivity contribution >= 4 is 45.9 Å². The fourth-order valence-corrected chi connectivity index (χ4v) is 2.35. The molecule has 0 atom stereocenters. The van der Waals surface area contributed by atoms with Crippen molar-refractivity contribution in [2.45, 2.75) is 0 Å². The van der Waals surface area contributed by atoms with Crippen LogP contribution in [-0.2, 0) is 0 Å². The predicted molar refractivity (Wildman–Crippen MR) is 74.7 cm³/mol. The van der Waals surface area contributed by atoms with Crippen LogP contribution in [0.25, 0.3) is 11.0 Å². The lowest BCUT2D eigenvalue weighted by atomic mass is 10.2. The van der Waals surface area contributed by atoms with Gasteiger partial charge >= 0.3 is 0 Å². The van der Waals surface area contributed by atoms with Crippen LogP contribution in [0, 0.1) is 11.3 Å². The lowest BCUT2D eigenvalue weighted by molar-refractivity contribution is 1.29. The van der Waals surface area contributed by atoms with Crippen LogP contribution in [0.5, 0.6) is 0 Å². The average Bonchev–Trinajstić information content (AvgIpc) is 2.91. The Morgan fingerprint density at radius 3 is 2.84 bits per heavy atom. The highest BCUT2D eigenvalue weighted by molar-refractivity contribution is 7.00. The number of nitrogens with one attached hydrogen (secondary N) is 1. The van der Waals surface area contributed by atoms with E-state index in [1.165, 1.54) is 6.20 Å². The highest BCUT2D eigenvalue weighted by Gasteiger charge is 2.10. The van der Waals surface area contributed by atoms with Crippen molar-refractivity contribution in [3.63, 3.8) is 0 Å². The Hall–Kier alpha value is -2.23. The van der Waals surface area contributed by atoms with E-state index in [0.717, 1.165) is 17.2 Å². The quantitative estimate of drug-likeness (QED) is 0.782. The molecule has 3 aromatic rings. The van der Waals surface area contributed by atoms with Crippen molar-refractivity contribution in [3.05, 3.63) is 41.0 Å². The van der Waals surface area contributed by atoms with E-state index in [0.29, 0.717) is 27.6 Å². The zero-order valence-corrected chi connectivity index (χ0v) is 11.0. The minimum atomic E-state index is 0.505. The molecule has 1 aromatic carbocycles. The summed E-state index contributed by atoms with van der Waals surface area (Å²) in [7, 11) is 0. The van der Waals surface area contributed by atoms with E-state index in [9.17, 15) is 0 Å². The molecule has 0 unspecified atom stereocenters. The zero-order chi connectivity index (χ0) is 13.2. The average molecular weight is 288 g/mol. The second kappa shape index (κ2) is 4.80. The van der Waals surface area contributed by atoms with Crippen molar-refractivity contribution in [2.75, 3.05) is 5.32 Å². The molecule has 2 heterocycles. The highest BCUT2D eigenvalue weighted by Crippen LogP contribution is 2.31. The maximum atomic E-state index is 8.73. The molecule has 0 fully saturated rings. The van der Waals surface area contributed by atoms with E-state index in [4.69, 9.17) is 16.9 Å². The Balaban J connectivity index is 2.02. The first-order chi connectivity index (χ1) is 9.28. The summed E-state index contributed by atoms with van der Waals surface area (Å²) in [5.41, 5.74) is 2.67. The third-order valence-corrected chi connectivity index (χ3v) is 3.38. The van der Waals surface area contributed by atoms with Crippen molar-refractivity contribution in [2.24, 2.45) is 0 Å². The van der Waals surface area contributed by atoms with Gasteiger partial charge in [-0.3, -0.25) is 0 Å². The topological polar surface area (TPSA) is 74.5 Å². The van der Waals surface area contributed by atoms with Crippen molar-refractivity contribution in [1.82, 2.24) is 13.7 Å². The zero-order valence-electron chi connectivity index (χ0n) is 9.46. The Kier molecular flexibility index (Phi) is 2.99. The molecule has 0 radical (unpaired) electrons. The van der Waals surface area contributed by atoms with Crippen LogP contribution in [0.2, 0.25) is 5.02 Å². The molecule has 2 aromatic heterocycles. The Morgan fingerprint density at radius 2 is 2.11 bits per heavy atom. The van der Waals surface area contributed by atoms with Crippen LogP contribution in [0.4, 0.5) is 11.5 Å². The van der Waals surface area contributed by atoms with E-state index >= 15 is 0 Å². The minimum Gasteiger partial charge on any atom is -0.337 e. The van der Waals surface area contributed by atoms with Gasteiger partial charge in [-0.1, -0.05) is 11.6 Å². The Bertz CT molecular complexity index is 775. The molecule has 5 nitrogen and oxygen atoms in total. The van der Waals surface area contributed by atoms with E-state index in [1.807, 2.05) is 12.1 Å². The number of aromatic nitrogens is 3. The number of anilines is 2. The lowest BCUT2D eigenvalue weighted by Gasteiger charge is -2.07. The summed E-state index contributed by atoms with van der Waals surface area (Å²) in [4.78, 5) is 4.14. The molecule has 7 heteroatoms. The predicted octanol–water partition coefficient (Wildman–Crippen LogP) is 3.35. The summed E-state index contributed by atoms with van der Waals surface area (Å²) in [6.45, 7) is 0. The molecular weight excluding hydrogens is 282 g/mol. The molecule has 0 amide bonds. The van der Waals surface area contributed by atoms with Gasteiger partial charge in [-0.2, -0.15) is 14.0 Å². The monoisotopic (exact) mass is 287 g/mol. The van der Waals surface area contributed by atoms with E-state index in [-0.39, 0.29) is 0 Å². The molecule has 3 rings (SSSR count). The molecule has 0 saturated carbocycles. The van der Waals surface area contributed by atoms with Gasteiger partial charge in [0.2, 0.25) is 0 Å². The molecule has 0 aliphatic carbocycles. The van der Waals surface area contributed by atoms with Gasteiger partial charge in [-0.05, 0) is 24.3 Å². The van der Waals surface area contributed by atoms with Crippen molar-refractivity contribution in [1.29, 1.82) is 5.26 Å². The lowest BCUT2D eigenvalue weighted by Crippen LogP contribution is -1.95. The number of benzene rings is 1. The second-order valence-electron chi connectivity index (χ2n) is 3.72. The third kappa shape index (κ3) is 2.21. The van der Waals surface area contributed by atoms with Gasteiger partial charge in [0.05, 0.1) is 28.0 Å². The molecular formula is C12H6ClN5S. The fraction of sp³-hybridized carbons (Fsp3) is 0. The van der Waals surface area contributed by atoms with Gasteiger partial charge in [-0.25, -0.2) is 4.98 Å². The van der Waals surface area contributed by atoms with Crippen LogP contribution in [0.3, 0.4) is 0 Å². The largest absolute Gasteiger partial charge is 0.337 e. The van der Waals surface area contributed by atoms with Gasteiger partial charge in [0.1, 0.15) is 22.9 Å². The number of nitrogens with zero attached hydrogens (tertiary/aromatic N) is 4. The van der Waals surface area contributed by atoms with Gasteiger partial charge in [0, 0.05) is 6.20 Å². The first kappa shape index (κ1) is 11.8. The summed E-state index contributed by atoms with van der Waals surface area (Å²) in [5, 5.41) is 12.4. The second-order valence-corrected chi connectivity index (χ2v) is 4.66. The fourth-order valence-electron chi connectivity index (χ4n) is 1.61. The molecule has 92 valence electrons. The molecule has 0 aliphatic heterocycles.